The van der Waals surface area contributed by atoms with Crippen LogP contribution in [0, 0.1) is 0 Å². The van der Waals surface area contributed by atoms with Crippen molar-refractivity contribution in [3.8, 4) is 0 Å². The van der Waals surface area contributed by atoms with Gasteiger partial charge in [-0.25, -0.2) is 0 Å². The summed E-state index contributed by atoms with van der Waals surface area (Å²) in [4.78, 5) is 0. The van der Waals surface area contributed by atoms with Gasteiger partial charge in [-0.1, -0.05) is 30.3 Å². The predicted octanol–water partition coefficient (Wildman–Crippen LogP) is 2.45. The molecule has 4 heteroatoms. The number of methoxy groups -OCH3 is 1. The lowest BCUT2D eigenvalue weighted by atomic mass is 10.2. The maximum absolute atomic E-state index is 5.03. The van der Waals surface area contributed by atoms with Gasteiger partial charge in [0.2, 0.25) is 0 Å². The van der Waals surface area contributed by atoms with Crippen molar-refractivity contribution in [3.05, 3.63) is 53.9 Å². The van der Waals surface area contributed by atoms with E-state index in [9.17, 15) is 0 Å². The number of unbranched alkanes of at least 4 members (excludes halogenated alkanes) is 1. The summed E-state index contributed by atoms with van der Waals surface area (Å²) >= 11 is 0. The first kappa shape index (κ1) is 14.8. The molecule has 0 aliphatic rings. The second kappa shape index (κ2) is 8.51. The van der Waals surface area contributed by atoms with Crippen molar-refractivity contribution >= 4 is 0 Å². The second-order valence-electron chi connectivity index (χ2n) is 4.91. The van der Waals surface area contributed by atoms with Crippen LogP contribution in [0.1, 0.15) is 24.0 Å². The molecule has 0 bridgehead atoms. The number of benzene rings is 1. The van der Waals surface area contributed by atoms with Crippen LogP contribution in [0.15, 0.2) is 42.7 Å². The first-order valence-corrected chi connectivity index (χ1v) is 7.13. The topological polar surface area (TPSA) is 39.1 Å². The average molecular weight is 273 g/mol. The molecule has 0 spiro atoms. The van der Waals surface area contributed by atoms with Crippen molar-refractivity contribution in [3.63, 3.8) is 0 Å². The van der Waals surface area contributed by atoms with E-state index in [4.69, 9.17) is 4.74 Å². The fourth-order valence-electron chi connectivity index (χ4n) is 2.08. The number of ether oxygens (including phenoxy) is 1. The van der Waals surface area contributed by atoms with Crippen LogP contribution < -0.4 is 5.32 Å². The fourth-order valence-corrected chi connectivity index (χ4v) is 2.08. The van der Waals surface area contributed by atoms with E-state index in [1.165, 1.54) is 11.1 Å². The summed E-state index contributed by atoms with van der Waals surface area (Å²) in [5.41, 5.74) is 2.50. The first-order valence-electron chi connectivity index (χ1n) is 7.13. The van der Waals surface area contributed by atoms with Crippen LogP contribution in [0.2, 0.25) is 0 Å². The molecule has 0 aliphatic heterocycles. The summed E-state index contributed by atoms with van der Waals surface area (Å²) in [7, 11) is 1.74. The van der Waals surface area contributed by atoms with E-state index in [0.717, 1.165) is 39.1 Å². The van der Waals surface area contributed by atoms with E-state index in [0.29, 0.717) is 0 Å². The lowest BCUT2D eigenvalue weighted by molar-refractivity contribution is 0.192. The molecule has 20 heavy (non-hydrogen) atoms. The van der Waals surface area contributed by atoms with E-state index in [1.54, 1.807) is 7.11 Å². The van der Waals surface area contributed by atoms with Crippen LogP contribution in [-0.2, 0) is 17.8 Å². The summed E-state index contributed by atoms with van der Waals surface area (Å²) in [6.07, 6.45) is 6.29. The molecule has 0 saturated heterocycles. The summed E-state index contributed by atoms with van der Waals surface area (Å²) in [5.74, 6) is 0. The Morgan fingerprint density at radius 2 is 2.00 bits per heavy atom. The molecule has 0 aliphatic carbocycles. The molecule has 1 N–H and O–H groups in total. The largest absolute Gasteiger partial charge is 0.385 e. The van der Waals surface area contributed by atoms with Crippen molar-refractivity contribution < 1.29 is 4.74 Å². The molecule has 1 heterocycles. The SMILES string of the molecule is COCCCCNCc1cnn(Cc2ccccc2)c1. The number of nitrogens with zero attached hydrogens (tertiary/aromatic N) is 2. The quantitative estimate of drug-likeness (QED) is 0.713. The summed E-state index contributed by atoms with van der Waals surface area (Å²) in [5, 5.41) is 7.83. The smallest absolute Gasteiger partial charge is 0.0659 e. The molecule has 108 valence electrons. The molecule has 0 saturated carbocycles. The molecule has 4 nitrogen and oxygen atoms in total. The molecular weight excluding hydrogens is 250 g/mol. The maximum Gasteiger partial charge on any atom is 0.0659 e. The van der Waals surface area contributed by atoms with E-state index in [2.05, 4.69) is 40.9 Å². The maximum atomic E-state index is 5.03. The lowest BCUT2D eigenvalue weighted by Crippen LogP contribution is -2.14. The molecule has 1 aromatic carbocycles. The minimum Gasteiger partial charge on any atom is -0.385 e. The van der Waals surface area contributed by atoms with Gasteiger partial charge in [0.1, 0.15) is 0 Å². The van der Waals surface area contributed by atoms with Gasteiger partial charge in [0.15, 0.2) is 0 Å². The van der Waals surface area contributed by atoms with Crippen LogP contribution in [0.25, 0.3) is 0 Å². The van der Waals surface area contributed by atoms with Crippen LogP contribution in [0.4, 0.5) is 0 Å². The number of hydrogen-bond donors (Lipinski definition) is 1. The Labute approximate surface area is 120 Å². The summed E-state index contributed by atoms with van der Waals surface area (Å²) in [6.45, 7) is 3.57. The van der Waals surface area contributed by atoms with Gasteiger partial charge in [-0.05, 0) is 24.9 Å². The Hall–Kier alpha value is -1.65. The average Bonchev–Trinajstić information content (AvgIpc) is 2.91. The highest BCUT2D eigenvalue weighted by molar-refractivity contribution is 5.15. The molecule has 2 aromatic rings. The van der Waals surface area contributed by atoms with Crippen molar-refractivity contribution in [2.75, 3.05) is 20.3 Å². The zero-order valence-electron chi connectivity index (χ0n) is 12.1. The third kappa shape index (κ3) is 5.15. The Bertz CT molecular complexity index is 481. The molecule has 0 atom stereocenters. The molecule has 0 radical (unpaired) electrons. The lowest BCUT2D eigenvalue weighted by Gasteiger charge is -2.03. The Morgan fingerprint density at radius 3 is 2.80 bits per heavy atom. The molecule has 0 amide bonds. The first-order chi connectivity index (χ1) is 9.88. The zero-order valence-corrected chi connectivity index (χ0v) is 12.1. The monoisotopic (exact) mass is 273 g/mol. The normalized spacial score (nSPS) is 10.8. The number of nitrogens with one attached hydrogen (secondary N) is 1. The number of rotatable bonds is 9. The minimum absolute atomic E-state index is 0.828. The standard InChI is InChI=1S/C16H23N3O/c1-20-10-6-5-9-17-11-16-12-18-19(14-16)13-15-7-3-2-4-8-15/h2-4,7-8,12,14,17H,5-6,9-11,13H2,1H3. The van der Waals surface area contributed by atoms with Crippen molar-refractivity contribution in [1.29, 1.82) is 0 Å². The molecule has 0 fully saturated rings. The van der Waals surface area contributed by atoms with Gasteiger partial charge < -0.3 is 10.1 Å². The van der Waals surface area contributed by atoms with Crippen LogP contribution in [0.5, 0.6) is 0 Å². The van der Waals surface area contributed by atoms with Crippen molar-refractivity contribution in [2.24, 2.45) is 0 Å². The Morgan fingerprint density at radius 1 is 1.15 bits per heavy atom. The molecule has 0 unspecified atom stereocenters. The van der Waals surface area contributed by atoms with E-state index in [-0.39, 0.29) is 0 Å². The Balaban J connectivity index is 1.70. The van der Waals surface area contributed by atoms with Crippen molar-refractivity contribution in [2.45, 2.75) is 25.9 Å². The van der Waals surface area contributed by atoms with Crippen LogP contribution >= 0.6 is 0 Å². The second-order valence-corrected chi connectivity index (χ2v) is 4.91. The Kier molecular flexibility index (Phi) is 6.27. The van der Waals surface area contributed by atoms with E-state index < -0.39 is 0 Å². The molecule has 1 aromatic heterocycles. The molecule has 2 rings (SSSR count). The summed E-state index contributed by atoms with van der Waals surface area (Å²) in [6, 6.07) is 10.4. The predicted molar refractivity (Wildman–Crippen MR) is 80.6 cm³/mol. The zero-order chi connectivity index (χ0) is 14.0. The highest BCUT2D eigenvalue weighted by atomic mass is 16.5. The number of hydrogen-bond acceptors (Lipinski definition) is 3. The van der Waals surface area contributed by atoms with Crippen molar-refractivity contribution in [1.82, 2.24) is 15.1 Å². The van der Waals surface area contributed by atoms with Gasteiger partial charge in [-0.2, -0.15) is 5.10 Å². The number of aromatic nitrogens is 2. The third-order valence-corrected chi connectivity index (χ3v) is 3.16. The van der Waals surface area contributed by atoms with Gasteiger partial charge >= 0.3 is 0 Å². The van der Waals surface area contributed by atoms with Gasteiger partial charge in [-0.3, -0.25) is 4.68 Å². The van der Waals surface area contributed by atoms with Gasteiger partial charge in [0.05, 0.1) is 12.7 Å². The van der Waals surface area contributed by atoms with Crippen LogP contribution in [-0.4, -0.2) is 30.0 Å². The minimum atomic E-state index is 0.828. The van der Waals surface area contributed by atoms with Gasteiger partial charge in [0.25, 0.3) is 0 Å². The van der Waals surface area contributed by atoms with Crippen LogP contribution in [0.3, 0.4) is 0 Å². The fraction of sp³-hybridized carbons (Fsp3) is 0.438. The van der Waals surface area contributed by atoms with E-state index in [1.807, 2.05) is 16.9 Å². The highest BCUT2D eigenvalue weighted by Crippen LogP contribution is 2.03. The van der Waals surface area contributed by atoms with Gasteiger partial charge in [-0.15, -0.1) is 0 Å². The van der Waals surface area contributed by atoms with E-state index >= 15 is 0 Å². The third-order valence-electron chi connectivity index (χ3n) is 3.16. The highest BCUT2D eigenvalue weighted by Gasteiger charge is 1.99. The summed E-state index contributed by atoms with van der Waals surface area (Å²) < 4.78 is 7.01. The van der Waals surface area contributed by atoms with Gasteiger partial charge in [0, 0.05) is 32.0 Å². The molecular formula is C16H23N3O.